The van der Waals surface area contributed by atoms with Crippen LogP contribution in [0.3, 0.4) is 0 Å². The SMILES string of the molecule is O=C(CN(C(=O)c1ccc(Cl)cc1)N1C(=O)c2c(Cl)c(Cl)c(Cl)c(Cl)c2C1=O)c1ccc(Oc2ccc([N+](=O)[O-])cc2)cc1. The Bertz CT molecular complexity index is 1820. The van der Waals surface area contributed by atoms with Crippen molar-refractivity contribution >= 4 is 87.2 Å². The van der Waals surface area contributed by atoms with E-state index in [2.05, 4.69) is 0 Å². The first-order valence-corrected chi connectivity index (χ1v) is 14.2. The Kier molecular flexibility index (Phi) is 8.83. The molecule has 0 atom stereocenters. The number of nitrogens with zero attached hydrogens (tertiary/aromatic N) is 3. The summed E-state index contributed by atoms with van der Waals surface area (Å²) in [5.74, 6) is -3.00. The molecule has 0 unspecified atom stereocenters. The summed E-state index contributed by atoms with van der Waals surface area (Å²) in [4.78, 5) is 64.5. The van der Waals surface area contributed by atoms with E-state index in [9.17, 15) is 29.3 Å². The average molecular weight is 694 g/mol. The number of non-ortho nitro benzene ring substituents is 1. The minimum Gasteiger partial charge on any atom is -0.457 e. The molecule has 222 valence electrons. The largest absolute Gasteiger partial charge is 0.457 e. The van der Waals surface area contributed by atoms with Crippen LogP contribution < -0.4 is 4.74 Å². The van der Waals surface area contributed by atoms with E-state index >= 15 is 0 Å². The van der Waals surface area contributed by atoms with Gasteiger partial charge in [0.2, 0.25) is 0 Å². The molecular weight excluding hydrogens is 680 g/mol. The summed E-state index contributed by atoms with van der Waals surface area (Å²) < 4.78 is 5.67. The van der Waals surface area contributed by atoms with E-state index in [0.29, 0.717) is 26.5 Å². The summed E-state index contributed by atoms with van der Waals surface area (Å²) in [6, 6.07) is 16.7. The first-order chi connectivity index (χ1) is 20.9. The molecular formula is C29H14Cl5N3O7. The number of nitro benzene ring substituents is 1. The van der Waals surface area contributed by atoms with E-state index in [0.717, 1.165) is 0 Å². The summed E-state index contributed by atoms with van der Waals surface area (Å²) in [6.45, 7) is -0.758. The summed E-state index contributed by atoms with van der Waals surface area (Å²) in [5, 5.41) is 11.1. The van der Waals surface area contributed by atoms with E-state index in [1.165, 1.54) is 72.8 Å². The number of fused-ring (bicyclic) bond motifs is 1. The van der Waals surface area contributed by atoms with Gasteiger partial charge in [-0.15, -0.1) is 0 Å². The Morgan fingerprint density at radius 3 is 1.64 bits per heavy atom. The molecule has 5 rings (SSSR count). The zero-order chi connectivity index (χ0) is 31.9. The van der Waals surface area contributed by atoms with Crippen molar-refractivity contribution in [2.75, 3.05) is 6.54 Å². The van der Waals surface area contributed by atoms with Crippen LogP contribution in [0, 0.1) is 10.1 Å². The molecule has 0 radical (unpaired) electrons. The number of hydrogen-bond donors (Lipinski definition) is 0. The van der Waals surface area contributed by atoms with Crippen LogP contribution in [-0.2, 0) is 0 Å². The van der Waals surface area contributed by atoms with Crippen LogP contribution in [0.25, 0.3) is 0 Å². The fourth-order valence-electron chi connectivity index (χ4n) is 4.24. The van der Waals surface area contributed by atoms with Gasteiger partial charge in [0.15, 0.2) is 5.78 Å². The summed E-state index contributed by atoms with van der Waals surface area (Å²) in [5.41, 5.74) is -0.729. The number of ketones is 1. The second kappa shape index (κ2) is 12.4. The molecule has 4 aromatic rings. The highest BCUT2D eigenvalue weighted by Crippen LogP contribution is 2.45. The van der Waals surface area contributed by atoms with Gasteiger partial charge < -0.3 is 4.74 Å². The number of carbonyl (C=O) groups excluding carboxylic acids is 4. The lowest BCUT2D eigenvalue weighted by Gasteiger charge is -2.29. The van der Waals surface area contributed by atoms with Gasteiger partial charge in [0, 0.05) is 28.3 Å². The number of nitro groups is 1. The zero-order valence-corrected chi connectivity index (χ0v) is 25.5. The number of ether oxygens (including phenoxy) is 1. The van der Waals surface area contributed by atoms with Crippen molar-refractivity contribution in [3.8, 4) is 11.5 Å². The molecule has 0 saturated carbocycles. The molecule has 0 spiro atoms. The number of benzene rings is 4. The van der Waals surface area contributed by atoms with Crippen molar-refractivity contribution in [1.29, 1.82) is 0 Å². The lowest BCUT2D eigenvalue weighted by molar-refractivity contribution is -0.384. The average Bonchev–Trinajstić information content (AvgIpc) is 3.27. The van der Waals surface area contributed by atoms with Crippen molar-refractivity contribution in [2.45, 2.75) is 0 Å². The number of hydrazine groups is 1. The van der Waals surface area contributed by atoms with Crippen molar-refractivity contribution < 1.29 is 28.8 Å². The van der Waals surface area contributed by atoms with Gasteiger partial charge in [0.05, 0.1) is 36.1 Å². The molecule has 0 bridgehead atoms. The molecule has 4 aromatic carbocycles. The van der Waals surface area contributed by atoms with Crippen LogP contribution in [-0.4, -0.2) is 45.0 Å². The zero-order valence-electron chi connectivity index (χ0n) is 21.7. The summed E-state index contributed by atoms with van der Waals surface area (Å²) >= 11 is 30.7. The number of Topliss-reactive ketones (excluding diaryl/α,β-unsaturated/α-hetero) is 1. The van der Waals surface area contributed by atoms with Crippen LogP contribution in [0.2, 0.25) is 25.1 Å². The lowest BCUT2D eigenvalue weighted by Crippen LogP contribution is -2.51. The number of amides is 3. The molecule has 0 aliphatic carbocycles. The Labute approximate surface area is 273 Å². The molecule has 10 nitrogen and oxygen atoms in total. The third kappa shape index (κ3) is 5.82. The second-order valence-electron chi connectivity index (χ2n) is 9.10. The van der Waals surface area contributed by atoms with Gasteiger partial charge >= 0.3 is 0 Å². The Morgan fingerprint density at radius 1 is 0.705 bits per heavy atom. The van der Waals surface area contributed by atoms with E-state index in [1.54, 1.807) is 0 Å². The molecule has 1 aliphatic rings. The highest BCUT2D eigenvalue weighted by atomic mass is 35.5. The second-order valence-corrected chi connectivity index (χ2v) is 11.0. The van der Waals surface area contributed by atoms with E-state index in [1.807, 2.05) is 0 Å². The first kappa shape index (κ1) is 31.2. The van der Waals surface area contributed by atoms with E-state index in [-0.39, 0.29) is 48.0 Å². The molecule has 1 heterocycles. The van der Waals surface area contributed by atoms with Gasteiger partial charge in [0.1, 0.15) is 18.0 Å². The monoisotopic (exact) mass is 691 g/mol. The maximum atomic E-state index is 13.7. The molecule has 0 N–H and O–H groups in total. The normalized spacial score (nSPS) is 12.2. The topological polar surface area (TPSA) is 127 Å². The Morgan fingerprint density at radius 2 is 1.16 bits per heavy atom. The maximum Gasteiger partial charge on any atom is 0.282 e. The van der Waals surface area contributed by atoms with Gasteiger partial charge in [0.25, 0.3) is 23.4 Å². The number of imide groups is 1. The third-order valence-electron chi connectivity index (χ3n) is 6.40. The van der Waals surface area contributed by atoms with Gasteiger partial charge in [-0.3, -0.25) is 29.3 Å². The van der Waals surface area contributed by atoms with E-state index < -0.39 is 35.0 Å². The number of hydrogen-bond acceptors (Lipinski definition) is 7. The Balaban J connectivity index is 1.45. The van der Waals surface area contributed by atoms with E-state index in [4.69, 9.17) is 62.7 Å². The molecule has 0 aromatic heterocycles. The van der Waals surface area contributed by atoms with Gasteiger partial charge in [-0.25, -0.2) is 5.01 Å². The predicted molar refractivity (Wildman–Crippen MR) is 163 cm³/mol. The summed E-state index contributed by atoms with van der Waals surface area (Å²) in [7, 11) is 0. The van der Waals surface area contributed by atoms with Crippen LogP contribution in [0.4, 0.5) is 5.69 Å². The molecule has 0 fully saturated rings. The van der Waals surface area contributed by atoms with Crippen molar-refractivity contribution in [3.05, 3.63) is 130 Å². The highest BCUT2D eigenvalue weighted by Gasteiger charge is 2.46. The lowest BCUT2D eigenvalue weighted by atomic mass is 10.1. The minimum absolute atomic E-state index is 0.0128. The minimum atomic E-state index is -1.04. The Hall–Kier alpha value is -4.19. The standard InChI is InChI=1S/C29H14Cl5N3O7/c30-16-5-1-15(2-6-16)27(39)35(36-28(40)21-22(29(36)41)24(32)26(34)25(33)23(21)31)13-20(38)14-3-9-18(10-4-14)44-19-11-7-17(8-12-19)37(42)43/h1-12H,13H2. The predicted octanol–water partition coefficient (Wildman–Crippen LogP) is 8.19. The first-order valence-electron chi connectivity index (χ1n) is 12.3. The third-order valence-corrected chi connectivity index (χ3v) is 8.45. The fourth-order valence-corrected chi connectivity index (χ4v) is 5.38. The molecule has 0 saturated heterocycles. The highest BCUT2D eigenvalue weighted by molar-refractivity contribution is 6.55. The quantitative estimate of drug-likeness (QED) is 0.0455. The molecule has 3 amide bonds. The van der Waals surface area contributed by atoms with Crippen LogP contribution in [0.5, 0.6) is 11.5 Å². The van der Waals surface area contributed by atoms with Gasteiger partial charge in [-0.2, -0.15) is 5.01 Å². The fraction of sp³-hybridized carbons (Fsp3) is 0.0345. The van der Waals surface area contributed by atoms with Gasteiger partial charge in [-0.1, -0.05) is 58.0 Å². The van der Waals surface area contributed by atoms with Crippen molar-refractivity contribution in [2.24, 2.45) is 0 Å². The maximum absolute atomic E-state index is 13.7. The van der Waals surface area contributed by atoms with Crippen molar-refractivity contribution in [3.63, 3.8) is 0 Å². The number of carbonyl (C=O) groups is 4. The van der Waals surface area contributed by atoms with Gasteiger partial charge in [-0.05, 0) is 60.7 Å². The van der Waals surface area contributed by atoms with Crippen LogP contribution in [0.1, 0.15) is 41.4 Å². The van der Waals surface area contributed by atoms with Crippen LogP contribution in [0.15, 0.2) is 72.8 Å². The van der Waals surface area contributed by atoms with Crippen LogP contribution >= 0.6 is 58.0 Å². The number of rotatable bonds is 8. The van der Waals surface area contributed by atoms with Crippen molar-refractivity contribution in [1.82, 2.24) is 10.0 Å². The molecule has 15 heteroatoms. The summed E-state index contributed by atoms with van der Waals surface area (Å²) in [6.07, 6.45) is 0. The molecule has 44 heavy (non-hydrogen) atoms. The smallest absolute Gasteiger partial charge is 0.282 e. The number of halogens is 5. The molecule has 1 aliphatic heterocycles.